The van der Waals surface area contributed by atoms with Crippen molar-refractivity contribution in [2.75, 3.05) is 31.1 Å². The van der Waals surface area contributed by atoms with Gasteiger partial charge in [-0.25, -0.2) is 4.79 Å². The van der Waals surface area contributed by atoms with Crippen LogP contribution in [-0.2, 0) is 0 Å². The zero-order chi connectivity index (χ0) is 17.4. The van der Waals surface area contributed by atoms with Gasteiger partial charge < -0.3 is 9.64 Å². The van der Waals surface area contributed by atoms with E-state index in [0.29, 0.717) is 30.5 Å². The summed E-state index contributed by atoms with van der Waals surface area (Å²) in [5, 5.41) is 1.36. The van der Waals surface area contributed by atoms with Crippen LogP contribution in [0.5, 0.6) is 5.75 Å². The van der Waals surface area contributed by atoms with Gasteiger partial charge in [0, 0.05) is 29.1 Å². The predicted octanol–water partition coefficient (Wildman–Crippen LogP) is 4.80. The van der Waals surface area contributed by atoms with E-state index in [9.17, 15) is 4.79 Å². The Bertz CT molecular complexity index is 812. The van der Waals surface area contributed by atoms with Crippen LogP contribution in [0.25, 0.3) is 0 Å². The Morgan fingerprint density at radius 2 is 1.96 bits per heavy atom. The second-order valence-corrected chi connectivity index (χ2v) is 7.19. The fourth-order valence-corrected chi connectivity index (χ4v) is 4.01. The smallest absolute Gasteiger partial charge is 0.324 e. The molecule has 130 valence electrons. The molecule has 0 spiro atoms. The summed E-state index contributed by atoms with van der Waals surface area (Å²) in [7, 11) is 0. The number of benzene rings is 2. The number of fused-ring (bicyclic) bond motifs is 1. The molecular formula is C19H18Cl2N2O2. The molecule has 1 saturated heterocycles. The fraction of sp³-hybridized carbons (Fsp3) is 0.316. The monoisotopic (exact) mass is 376 g/mol. The molecule has 1 atom stereocenters. The van der Waals surface area contributed by atoms with Gasteiger partial charge in [0.05, 0.1) is 12.2 Å². The SMILES string of the molecule is O=C(N1CCC(c2ccccc2Cl)C1)N1CCOc2ccc(Cl)cc21. The lowest BCUT2D eigenvalue weighted by molar-refractivity contribution is 0.209. The Morgan fingerprint density at radius 1 is 1.12 bits per heavy atom. The molecule has 2 aromatic carbocycles. The summed E-state index contributed by atoms with van der Waals surface area (Å²) in [5.74, 6) is 0.975. The van der Waals surface area contributed by atoms with E-state index in [1.54, 1.807) is 17.0 Å². The first-order chi connectivity index (χ1) is 12.1. The zero-order valence-corrected chi connectivity index (χ0v) is 15.1. The van der Waals surface area contributed by atoms with Crippen molar-refractivity contribution in [3.8, 4) is 5.75 Å². The Morgan fingerprint density at radius 3 is 2.80 bits per heavy atom. The molecule has 0 radical (unpaired) electrons. The summed E-state index contributed by atoms with van der Waals surface area (Å²) >= 11 is 12.4. The molecule has 2 aliphatic rings. The van der Waals surface area contributed by atoms with Crippen molar-refractivity contribution in [1.82, 2.24) is 4.90 Å². The third kappa shape index (κ3) is 3.16. The molecule has 1 unspecified atom stereocenters. The molecule has 0 N–H and O–H groups in total. The Balaban J connectivity index is 1.54. The summed E-state index contributed by atoms with van der Waals surface area (Å²) in [4.78, 5) is 16.7. The second kappa shape index (κ2) is 6.77. The van der Waals surface area contributed by atoms with Crippen LogP contribution in [0.4, 0.5) is 10.5 Å². The number of likely N-dealkylation sites (tertiary alicyclic amines) is 1. The van der Waals surface area contributed by atoms with Crippen molar-refractivity contribution in [2.45, 2.75) is 12.3 Å². The maximum absolute atomic E-state index is 13.1. The molecule has 2 aliphatic heterocycles. The summed E-state index contributed by atoms with van der Waals surface area (Å²) < 4.78 is 5.64. The van der Waals surface area contributed by atoms with Gasteiger partial charge >= 0.3 is 6.03 Å². The first-order valence-electron chi connectivity index (χ1n) is 8.36. The Kier molecular flexibility index (Phi) is 4.48. The van der Waals surface area contributed by atoms with Crippen LogP contribution in [-0.4, -0.2) is 37.2 Å². The van der Waals surface area contributed by atoms with E-state index in [4.69, 9.17) is 27.9 Å². The van der Waals surface area contributed by atoms with Gasteiger partial charge in [-0.2, -0.15) is 0 Å². The minimum absolute atomic E-state index is 0.00127. The molecule has 2 amide bonds. The second-order valence-electron chi connectivity index (χ2n) is 6.35. The van der Waals surface area contributed by atoms with E-state index in [2.05, 4.69) is 0 Å². The standard InChI is InChI=1S/C19H18Cl2N2O2/c20-14-5-6-18-17(11-14)23(9-10-25-18)19(24)22-8-7-13(12-22)15-3-1-2-4-16(15)21/h1-6,11,13H,7-10,12H2. The molecule has 2 heterocycles. The summed E-state index contributed by atoms with van der Waals surface area (Å²) in [5.41, 5.74) is 1.86. The van der Waals surface area contributed by atoms with Gasteiger partial charge in [0.15, 0.2) is 0 Å². The number of hydrogen-bond donors (Lipinski definition) is 0. The third-order valence-electron chi connectivity index (χ3n) is 4.82. The highest BCUT2D eigenvalue weighted by molar-refractivity contribution is 6.31. The first-order valence-corrected chi connectivity index (χ1v) is 9.12. The molecule has 2 aromatic rings. The van der Waals surface area contributed by atoms with E-state index in [-0.39, 0.29) is 11.9 Å². The van der Waals surface area contributed by atoms with E-state index < -0.39 is 0 Å². The van der Waals surface area contributed by atoms with Crippen LogP contribution in [0.2, 0.25) is 10.0 Å². The van der Waals surface area contributed by atoms with Gasteiger partial charge in [0.2, 0.25) is 0 Å². The third-order valence-corrected chi connectivity index (χ3v) is 5.40. The van der Waals surface area contributed by atoms with Crippen LogP contribution in [0.1, 0.15) is 17.9 Å². The number of nitrogens with zero attached hydrogens (tertiary/aromatic N) is 2. The van der Waals surface area contributed by atoms with Crippen molar-refractivity contribution in [3.05, 3.63) is 58.1 Å². The highest BCUT2D eigenvalue weighted by atomic mass is 35.5. The molecule has 25 heavy (non-hydrogen) atoms. The molecule has 1 fully saturated rings. The summed E-state index contributed by atoms with van der Waals surface area (Å²) in [6.45, 7) is 2.42. The molecule has 4 nitrogen and oxygen atoms in total. The molecular weight excluding hydrogens is 359 g/mol. The number of halogens is 2. The lowest BCUT2D eigenvalue weighted by atomic mass is 9.98. The fourth-order valence-electron chi connectivity index (χ4n) is 3.55. The van der Waals surface area contributed by atoms with Crippen molar-refractivity contribution in [1.29, 1.82) is 0 Å². The van der Waals surface area contributed by atoms with Crippen molar-refractivity contribution in [2.24, 2.45) is 0 Å². The maximum atomic E-state index is 13.1. The van der Waals surface area contributed by atoms with Gasteiger partial charge in [-0.15, -0.1) is 0 Å². The van der Waals surface area contributed by atoms with Gasteiger partial charge in [0.25, 0.3) is 0 Å². The van der Waals surface area contributed by atoms with Crippen LogP contribution in [0, 0.1) is 0 Å². The molecule has 4 rings (SSSR count). The van der Waals surface area contributed by atoms with E-state index >= 15 is 0 Å². The summed E-state index contributed by atoms with van der Waals surface area (Å²) in [6, 6.07) is 13.2. The number of carbonyl (C=O) groups is 1. The lowest BCUT2D eigenvalue weighted by Crippen LogP contribution is -2.45. The van der Waals surface area contributed by atoms with Crippen LogP contribution in [0.15, 0.2) is 42.5 Å². The quantitative estimate of drug-likeness (QED) is 0.715. The molecule has 0 aliphatic carbocycles. The highest BCUT2D eigenvalue weighted by Gasteiger charge is 2.33. The van der Waals surface area contributed by atoms with Crippen molar-refractivity contribution < 1.29 is 9.53 Å². The molecule has 6 heteroatoms. The minimum Gasteiger partial charge on any atom is -0.490 e. The minimum atomic E-state index is 0.00127. The summed E-state index contributed by atoms with van der Waals surface area (Å²) in [6.07, 6.45) is 0.919. The highest BCUT2D eigenvalue weighted by Crippen LogP contribution is 2.37. The van der Waals surface area contributed by atoms with Gasteiger partial charge in [-0.05, 0) is 36.2 Å². The van der Waals surface area contributed by atoms with E-state index in [0.717, 1.165) is 29.2 Å². The van der Waals surface area contributed by atoms with Gasteiger partial charge in [0.1, 0.15) is 12.4 Å². The number of anilines is 1. The molecule has 0 aromatic heterocycles. The number of hydrogen-bond acceptors (Lipinski definition) is 2. The number of ether oxygens (including phenoxy) is 1. The molecule has 0 bridgehead atoms. The van der Waals surface area contributed by atoms with Crippen molar-refractivity contribution in [3.63, 3.8) is 0 Å². The topological polar surface area (TPSA) is 32.8 Å². The maximum Gasteiger partial charge on any atom is 0.324 e. The largest absolute Gasteiger partial charge is 0.490 e. The van der Waals surface area contributed by atoms with Gasteiger partial charge in [-0.1, -0.05) is 41.4 Å². The number of amides is 2. The zero-order valence-electron chi connectivity index (χ0n) is 13.6. The van der Waals surface area contributed by atoms with Crippen LogP contribution in [0.3, 0.4) is 0 Å². The van der Waals surface area contributed by atoms with Gasteiger partial charge in [-0.3, -0.25) is 4.90 Å². The number of carbonyl (C=O) groups excluding carboxylic acids is 1. The lowest BCUT2D eigenvalue weighted by Gasteiger charge is -2.32. The van der Waals surface area contributed by atoms with E-state index in [1.807, 2.05) is 35.2 Å². The van der Waals surface area contributed by atoms with Crippen molar-refractivity contribution >= 4 is 34.9 Å². The van der Waals surface area contributed by atoms with E-state index in [1.165, 1.54) is 0 Å². The van der Waals surface area contributed by atoms with Crippen LogP contribution >= 0.6 is 23.2 Å². The Hall–Kier alpha value is -1.91. The number of urea groups is 1. The Labute approximate surface area is 156 Å². The average Bonchev–Trinajstić information content (AvgIpc) is 3.11. The van der Waals surface area contributed by atoms with Crippen LogP contribution < -0.4 is 9.64 Å². The predicted molar refractivity (Wildman–Crippen MR) is 100 cm³/mol. The number of rotatable bonds is 1. The average molecular weight is 377 g/mol. The normalized spacial score (nSPS) is 19.5. The first kappa shape index (κ1) is 16.6. The molecule has 0 saturated carbocycles.